The fraction of sp³-hybridized carbons (Fsp3) is 0.167. The predicted octanol–water partition coefficient (Wildman–Crippen LogP) is 4.33. The van der Waals surface area contributed by atoms with Crippen molar-refractivity contribution < 1.29 is 17.7 Å². The van der Waals surface area contributed by atoms with Gasteiger partial charge in [0.15, 0.2) is 5.82 Å². The molecule has 0 amide bonds. The molecule has 0 saturated carbocycles. The molecule has 0 aliphatic carbocycles. The van der Waals surface area contributed by atoms with Crippen LogP contribution < -0.4 is 0 Å². The Balaban J connectivity index is 2.37. The van der Waals surface area contributed by atoms with Crippen molar-refractivity contribution in [3.05, 3.63) is 45.5 Å². The Labute approximate surface area is 115 Å². The van der Waals surface area contributed by atoms with Gasteiger partial charge in [0.2, 0.25) is 5.89 Å². The lowest BCUT2D eigenvalue weighted by molar-refractivity contribution is -0.137. The van der Waals surface area contributed by atoms with Gasteiger partial charge in [-0.05, 0) is 23.8 Å². The first-order valence-corrected chi connectivity index (χ1v) is 6.01. The standard InChI is InChI=1S/C12H8BrF3N2O/c1-7-17-11(18-19-7)5-3-8-2-4-9(13)6-10(8)12(14,15)16/h2-6H,1H3/b5-3+. The van der Waals surface area contributed by atoms with E-state index in [-0.39, 0.29) is 11.4 Å². The van der Waals surface area contributed by atoms with Crippen molar-refractivity contribution in [2.45, 2.75) is 13.1 Å². The summed E-state index contributed by atoms with van der Waals surface area (Å²) >= 11 is 3.02. The van der Waals surface area contributed by atoms with E-state index in [2.05, 4.69) is 26.1 Å². The minimum absolute atomic E-state index is 0.0400. The lowest BCUT2D eigenvalue weighted by atomic mass is 10.1. The minimum Gasteiger partial charge on any atom is -0.339 e. The van der Waals surface area contributed by atoms with Gasteiger partial charge in [-0.15, -0.1) is 0 Å². The number of nitrogens with zero attached hydrogens (tertiary/aromatic N) is 2. The zero-order valence-electron chi connectivity index (χ0n) is 9.70. The second kappa shape index (κ2) is 5.16. The topological polar surface area (TPSA) is 38.9 Å². The Morgan fingerprint density at radius 1 is 1.26 bits per heavy atom. The maximum absolute atomic E-state index is 12.9. The predicted molar refractivity (Wildman–Crippen MR) is 67.1 cm³/mol. The summed E-state index contributed by atoms with van der Waals surface area (Å²) in [6.07, 6.45) is -1.74. The van der Waals surface area contributed by atoms with Crippen LogP contribution in [0.15, 0.2) is 27.2 Å². The summed E-state index contributed by atoms with van der Waals surface area (Å²) < 4.78 is 43.7. The third kappa shape index (κ3) is 3.44. The van der Waals surface area contributed by atoms with Crippen molar-refractivity contribution in [2.24, 2.45) is 0 Å². The molecule has 0 fully saturated rings. The van der Waals surface area contributed by atoms with E-state index >= 15 is 0 Å². The molecule has 0 unspecified atom stereocenters. The van der Waals surface area contributed by atoms with Crippen LogP contribution in [0.1, 0.15) is 22.8 Å². The average Bonchev–Trinajstić information content (AvgIpc) is 2.72. The van der Waals surface area contributed by atoms with Crippen molar-refractivity contribution in [3.63, 3.8) is 0 Å². The summed E-state index contributed by atoms with van der Waals surface area (Å²) in [4.78, 5) is 3.88. The van der Waals surface area contributed by atoms with Gasteiger partial charge in [0.25, 0.3) is 0 Å². The molecule has 0 bridgehead atoms. The number of halogens is 4. The summed E-state index contributed by atoms with van der Waals surface area (Å²) in [6.45, 7) is 1.60. The molecule has 0 aliphatic heterocycles. The highest BCUT2D eigenvalue weighted by molar-refractivity contribution is 9.10. The number of benzene rings is 1. The first-order valence-electron chi connectivity index (χ1n) is 5.21. The van der Waals surface area contributed by atoms with Gasteiger partial charge in [-0.3, -0.25) is 0 Å². The molecule has 0 spiro atoms. The van der Waals surface area contributed by atoms with Crippen LogP contribution >= 0.6 is 15.9 Å². The van der Waals surface area contributed by atoms with Gasteiger partial charge in [0.05, 0.1) is 5.56 Å². The number of rotatable bonds is 2. The molecule has 1 aromatic heterocycles. The van der Waals surface area contributed by atoms with Crippen molar-refractivity contribution >= 4 is 28.1 Å². The summed E-state index contributed by atoms with van der Waals surface area (Å²) in [5.74, 6) is 0.583. The van der Waals surface area contributed by atoms with Crippen LogP contribution in [0.25, 0.3) is 12.2 Å². The molecule has 0 N–H and O–H groups in total. The quantitative estimate of drug-likeness (QED) is 0.821. The lowest BCUT2D eigenvalue weighted by Crippen LogP contribution is -2.07. The van der Waals surface area contributed by atoms with Crippen LogP contribution in [-0.4, -0.2) is 10.1 Å². The third-order valence-electron chi connectivity index (χ3n) is 2.28. The molecule has 3 nitrogen and oxygen atoms in total. The normalized spacial score (nSPS) is 12.3. The summed E-state index contributed by atoms with van der Waals surface area (Å²) in [5, 5.41) is 3.58. The second-order valence-electron chi connectivity index (χ2n) is 3.73. The maximum Gasteiger partial charge on any atom is 0.417 e. The molecule has 19 heavy (non-hydrogen) atoms. The smallest absolute Gasteiger partial charge is 0.339 e. The molecule has 2 rings (SSSR count). The van der Waals surface area contributed by atoms with Gasteiger partial charge in [-0.2, -0.15) is 18.2 Å². The fourth-order valence-corrected chi connectivity index (χ4v) is 1.83. The van der Waals surface area contributed by atoms with Crippen molar-refractivity contribution in [1.82, 2.24) is 10.1 Å². The van der Waals surface area contributed by atoms with Gasteiger partial charge >= 0.3 is 6.18 Å². The van der Waals surface area contributed by atoms with E-state index in [4.69, 9.17) is 4.52 Å². The monoisotopic (exact) mass is 332 g/mol. The Kier molecular flexibility index (Phi) is 3.75. The first kappa shape index (κ1) is 13.8. The zero-order chi connectivity index (χ0) is 14.0. The van der Waals surface area contributed by atoms with Crippen molar-refractivity contribution in [2.75, 3.05) is 0 Å². The molecule has 1 heterocycles. The van der Waals surface area contributed by atoms with E-state index in [0.29, 0.717) is 10.4 Å². The number of aryl methyl sites for hydroxylation is 1. The van der Waals surface area contributed by atoms with Crippen LogP contribution in [0.2, 0.25) is 0 Å². The number of hydrogen-bond acceptors (Lipinski definition) is 3. The first-order chi connectivity index (χ1) is 8.86. The van der Waals surface area contributed by atoms with Crippen LogP contribution in [-0.2, 0) is 6.18 Å². The van der Waals surface area contributed by atoms with E-state index in [1.807, 2.05) is 0 Å². The van der Waals surface area contributed by atoms with Gasteiger partial charge in [-0.25, -0.2) is 0 Å². The number of alkyl halides is 3. The molecule has 0 atom stereocenters. The minimum atomic E-state index is -4.42. The van der Waals surface area contributed by atoms with Crippen molar-refractivity contribution in [1.29, 1.82) is 0 Å². The summed E-state index contributed by atoms with van der Waals surface area (Å²) in [5.41, 5.74) is -0.684. The van der Waals surface area contributed by atoms with Crippen LogP contribution in [0.4, 0.5) is 13.2 Å². The van der Waals surface area contributed by atoms with Gasteiger partial charge in [-0.1, -0.05) is 33.2 Å². The molecule has 7 heteroatoms. The third-order valence-corrected chi connectivity index (χ3v) is 2.77. The highest BCUT2D eigenvalue weighted by atomic mass is 79.9. The van der Waals surface area contributed by atoms with Crippen molar-refractivity contribution in [3.8, 4) is 0 Å². The molecule has 0 saturated heterocycles. The Bertz CT molecular complexity index is 620. The lowest BCUT2D eigenvalue weighted by Gasteiger charge is -2.10. The molecule has 100 valence electrons. The highest BCUT2D eigenvalue weighted by Gasteiger charge is 2.32. The Hall–Kier alpha value is -1.63. The molecule has 2 aromatic rings. The van der Waals surface area contributed by atoms with Gasteiger partial charge < -0.3 is 4.52 Å². The zero-order valence-corrected chi connectivity index (χ0v) is 11.3. The SMILES string of the molecule is Cc1nc(/C=C/c2ccc(Br)cc2C(F)(F)F)no1. The van der Waals surface area contributed by atoms with E-state index in [1.165, 1.54) is 24.3 Å². The van der Waals surface area contributed by atoms with Gasteiger partial charge in [0.1, 0.15) is 0 Å². The summed E-state index contributed by atoms with van der Waals surface area (Å²) in [6, 6.07) is 3.94. The average molecular weight is 333 g/mol. The van der Waals surface area contributed by atoms with E-state index in [0.717, 1.165) is 6.07 Å². The largest absolute Gasteiger partial charge is 0.417 e. The second-order valence-corrected chi connectivity index (χ2v) is 4.65. The number of aromatic nitrogens is 2. The fourth-order valence-electron chi connectivity index (χ4n) is 1.47. The molecule has 1 aromatic carbocycles. The highest BCUT2D eigenvalue weighted by Crippen LogP contribution is 2.34. The van der Waals surface area contributed by atoms with Gasteiger partial charge in [0, 0.05) is 11.4 Å². The Morgan fingerprint density at radius 3 is 2.58 bits per heavy atom. The van der Waals surface area contributed by atoms with Crippen LogP contribution in [0.3, 0.4) is 0 Å². The number of hydrogen-bond donors (Lipinski definition) is 0. The molecule has 0 radical (unpaired) electrons. The molecular formula is C12H8BrF3N2O. The van der Waals surface area contributed by atoms with E-state index in [1.54, 1.807) is 6.92 Å². The van der Waals surface area contributed by atoms with E-state index < -0.39 is 11.7 Å². The Morgan fingerprint density at radius 2 is 2.00 bits per heavy atom. The molecule has 0 aliphatic rings. The van der Waals surface area contributed by atoms with Crippen LogP contribution in [0.5, 0.6) is 0 Å². The van der Waals surface area contributed by atoms with E-state index in [9.17, 15) is 13.2 Å². The maximum atomic E-state index is 12.9. The molecular weight excluding hydrogens is 325 g/mol. The summed E-state index contributed by atoms with van der Waals surface area (Å²) in [7, 11) is 0. The van der Waals surface area contributed by atoms with Crippen LogP contribution in [0, 0.1) is 6.92 Å².